The van der Waals surface area contributed by atoms with Gasteiger partial charge in [-0.05, 0) is 13.3 Å². The second-order valence-electron chi connectivity index (χ2n) is 6.21. The maximum absolute atomic E-state index is 12.7. The number of aliphatic imine (C=N–C) groups is 1. The minimum atomic E-state index is -4.49. The summed E-state index contributed by atoms with van der Waals surface area (Å²) >= 11 is 1.06. The van der Waals surface area contributed by atoms with Gasteiger partial charge in [0.25, 0.3) is 5.91 Å². The minimum absolute atomic E-state index is 0.0188. The predicted octanol–water partition coefficient (Wildman–Crippen LogP) is 1.80. The summed E-state index contributed by atoms with van der Waals surface area (Å²) in [5.74, 6) is -1.03. The van der Waals surface area contributed by atoms with Crippen LogP contribution < -0.4 is 21.4 Å². The van der Waals surface area contributed by atoms with Crippen molar-refractivity contribution in [1.29, 1.82) is 0 Å². The van der Waals surface area contributed by atoms with Crippen LogP contribution in [-0.4, -0.2) is 46.6 Å². The zero-order chi connectivity index (χ0) is 21.8. The number of hydrogen-bond acceptors (Lipinski definition) is 9. The number of oxime groups is 1. The summed E-state index contributed by atoms with van der Waals surface area (Å²) in [6, 6.07) is 0.925. The summed E-state index contributed by atoms with van der Waals surface area (Å²) in [7, 11) is 1.27. The van der Waals surface area contributed by atoms with Crippen LogP contribution in [0.2, 0.25) is 0 Å². The van der Waals surface area contributed by atoms with Crippen LogP contribution in [0.3, 0.4) is 0 Å². The summed E-state index contributed by atoms with van der Waals surface area (Å²) in [6.45, 7) is 1.45. The van der Waals surface area contributed by atoms with Gasteiger partial charge in [-0.15, -0.1) is 11.8 Å². The lowest BCUT2D eigenvalue weighted by atomic mass is 10.1. The lowest BCUT2D eigenvalue weighted by molar-refractivity contribution is -0.139. The van der Waals surface area contributed by atoms with E-state index in [-0.39, 0.29) is 28.0 Å². The van der Waals surface area contributed by atoms with Gasteiger partial charge in [0.2, 0.25) is 0 Å². The molecule has 13 heteroatoms. The molecule has 2 atom stereocenters. The number of nitrogens with zero attached hydrogens (tertiary/aromatic N) is 2. The van der Waals surface area contributed by atoms with Gasteiger partial charge >= 0.3 is 11.8 Å². The first-order valence-electron chi connectivity index (χ1n) is 8.25. The van der Waals surface area contributed by atoms with E-state index in [9.17, 15) is 22.8 Å². The molecule has 1 aromatic heterocycles. The molecule has 1 aliphatic heterocycles. The van der Waals surface area contributed by atoms with Gasteiger partial charge in [-0.2, -0.15) is 13.2 Å². The molecular weight excluding hydrogens is 417 g/mol. The van der Waals surface area contributed by atoms with Gasteiger partial charge in [-0.3, -0.25) is 10.5 Å². The van der Waals surface area contributed by atoms with Crippen LogP contribution >= 0.6 is 11.8 Å². The summed E-state index contributed by atoms with van der Waals surface area (Å²) in [5, 5.41) is 14.4. The Morgan fingerprint density at radius 2 is 2.24 bits per heavy atom. The first kappa shape index (κ1) is 22.7. The average Bonchev–Trinajstić information content (AvgIpc) is 3.06. The SMILES string of the molecule is COc1cc([C@@H](CCC(F)(F)F)NC(=O)[C@]2(N)CSC(/C(C)=N/O)=N2)oc(=O)c1. The van der Waals surface area contributed by atoms with Crippen LogP contribution in [0.25, 0.3) is 0 Å². The van der Waals surface area contributed by atoms with Crippen LogP contribution in [0.5, 0.6) is 5.75 Å². The van der Waals surface area contributed by atoms with E-state index in [1.165, 1.54) is 20.1 Å². The second-order valence-corrected chi connectivity index (χ2v) is 7.18. The largest absolute Gasteiger partial charge is 0.496 e. The van der Waals surface area contributed by atoms with Crippen molar-refractivity contribution < 1.29 is 32.3 Å². The van der Waals surface area contributed by atoms with E-state index in [0.29, 0.717) is 0 Å². The summed E-state index contributed by atoms with van der Waals surface area (Å²) in [4.78, 5) is 28.4. The maximum atomic E-state index is 12.7. The fourth-order valence-corrected chi connectivity index (χ4v) is 3.44. The van der Waals surface area contributed by atoms with Crippen molar-refractivity contribution in [2.45, 2.75) is 37.6 Å². The lowest BCUT2D eigenvalue weighted by Gasteiger charge is -2.24. The van der Waals surface area contributed by atoms with E-state index in [0.717, 1.165) is 17.8 Å². The van der Waals surface area contributed by atoms with Crippen molar-refractivity contribution in [3.05, 3.63) is 28.3 Å². The third kappa shape index (κ3) is 5.97. The Balaban J connectivity index is 2.30. The normalized spacial score (nSPS) is 20.9. The summed E-state index contributed by atoms with van der Waals surface area (Å²) in [5.41, 5.74) is 3.49. The van der Waals surface area contributed by atoms with Crippen molar-refractivity contribution >= 4 is 28.4 Å². The van der Waals surface area contributed by atoms with E-state index < -0.39 is 42.3 Å². The Hall–Kier alpha value is -2.54. The predicted molar refractivity (Wildman–Crippen MR) is 99.4 cm³/mol. The average molecular weight is 436 g/mol. The fourth-order valence-electron chi connectivity index (χ4n) is 2.41. The number of amides is 1. The number of ether oxygens (including phenoxy) is 1. The van der Waals surface area contributed by atoms with Crippen LogP contribution in [0, 0.1) is 0 Å². The molecular formula is C16H19F3N4O5S. The first-order chi connectivity index (χ1) is 13.5. The number of nitrogens with two attached hydrogens (primary N) is 1. The minimum Gasteiger partial charge on any atom is -0.496 e. The standard InChI is InChI=1S/C16H19F3N4O5S/c1-8(23-26)13-22-15(20,7-29-13)14(25)21-10(3-4-16(17,18)19)11-5-9(27-2)6-12(24)28-11/h5-6,10,26H,3-4,7,20H2,1-2H3,(H,21,25)/b23-8+/t10-,15+/m1/s1. The van der Waals surface area contributed by atoms with Gasteiger partial charge in [-0.1, -0.05) is 5.16 Å². The number of carbonyl (C=O) groups is 1. The zero-order valence-electron chi connectivity index (χ0n) is 15.4. The molecule has 0 saturated heterocycles. The van der Waals surface area contributed by atoms with Crippen molar-refractivity contribution in [2.75, 3.05) is 12.9 Å². The third-order valence-electron chi connectivity index (χ3n) is 3.95. The molecule has 0 bridgehead atoms. The molecule has 0 aromatic carbocycles. The van der Waals surface area contributed by atoms with Gasteiger partial charge in [0.05, 0.1) is 19.2 Å². The topological polar surface area (TPSA) is 140 Å². The van der Waals surface area contributed by atoms with E-state index in [2.05, 4.69) is 15.5 Å². The number of carbonyl (C=O) groups excluding carboxylic acids is 1. The Bertz CT molecular complexity index is 886. The number of methoxy groups -OCH3 is 1. The second kappa shape index (κ2) is 8.86. The van der Waals surface area contributed by atoms with E-state index in [4.69, 9.17) is 20.1 Å². The van der Waals surface area contributed by atoms with Crippen molar-refractivity contribution in [2.24, 2.45) is 15.9 Å². The van der Waals surface area contributed by atoms with Crippen LogP contribution in [-0.2, 0) is 4.79 Å². The van der Waals surface area contributed by atoms with E-state index in [1.807, 2.05) is 0 Å². The molecule has 29 heavy (non-hydrogen) atoms. The molecule has 2 rings (SSSR count). The number of thioether (sulfide) groups is 1. The molecule has 4 N–H and O–H groups in total. The van der Waals surface area contributed by atoms with Crippen molar-refractivity contribution in [3.8, 4) is 5.75 Å². The van der Waals surface area contributed by atoms with E-state index >= 15 is 0 Å². The Morgan fingerprint density at radius 3 is 2.83 bits per heavy atom. The van der Waals surface area contributed by atoms with Gasteiger partial charge in [0.1, 0.15) is 22.3 Å². The first-order valence-corrected chi connectivity index (χ1v) is 9.23. The molecule has 1 aromatic rings. The van der Waals surface area contributed by atoms with Crippen LogP contribution in [0.4, 0.5) is 13.2 Å². The Kier molecular flexibility index (Phi) is 6.95. The van der Waals surface area contributed by atoms with Gasteiger partial charge in [0.15, 0.2) is 5.66 Å². The summed E-state index contributed by atoms with van der Waals surface area (Å²) in [6.07, 6.45) is -6.33. The Morgan fingerprint density at radius 1 is 1.55 bits per heavy atom. The molecule has 0 aliphatic carbocycles. The van der Waals surface area contributed by atoms with Crippen molar-refractivity contribution in [3.63, 3.8) is 0 Å². The molecule has 1 aliphatic rings. The molecule has 160 valence electrons. The molecule has 0 spiro atoms. The molecule has 9 nitrogen and oxygen atoms in total. The number of rotatable bonds is 7. The van der Waals surface area contributed by atoms with Crippen molar-refractivity contribution in [1.82, 2.24) is 5.32 Å². The van der Waals surface area contributed by atoms with E-state index in [1.54, 1.807) is 0 Å². The van der Waals surface area contributed by atoms with Gasteiger partial charge in [-0.25, -0.2) is 9.79 Å². The molecule has 0 unspecified atom stereocenters. The highest BCUT2D eigenvalue weighted by atomic mass is 32.2. The quantitative estimate of drug-likeness (QED) is 0.336. The highest BCUT2D eigenvalue weighted by Gasteiger charge is 2.41. The van der Waals surface area contributed by atoms with Crippen LogP contribution in [0.15, 0.2) is 31.5 Å². The lowest BCUT2D eigenvalue weighted by Crippen LogP contribution is -2.54. The third-order valence-corrected chi connectivity index (χ3v) is 5.19. The monoisotopic (exact) mass is 436 g/mol. The fraction of sp³-hybridized carbons (Fsp3) is 0.500. The number of halogens is 3. The maximum Gasteiger partial charge on any atom is 0.389 e. The highest BCUT2D eigenvalue weighted by Crippen LogP contribution is 2.30. The smallest absolute Gasteiger partial charge is 0.389 e. The molecule has 2 heterocycles. The Labute approximate surface area is 167 Å². The zero-order valence-corrected chi connectivity index (χ0v) is 16.3. The number of nitrogens with one attached hydrogen (secondary N) is 1. The number of alkyl halides is 3. The highest BCUT2D eigenvalue weighted by molar-refractivity contribution is 8.16. The van der Waals surface area contributed by atoms with Crippen LogP contribution in [0.1, 0.15) is 31.6 Å². The van der Waals surface area contributed by atoms with Gasteiger partial charge in [0, 0.05) is 18.2 Å². The molecule has 1 amide bonds. The molecule has 0 radical (unpaired) electrons. The summed E-state index contributed by atoms with van der Waals surface area (Å²) < 4.78 is 48.1. The number of hydrogen-bond donors (Lipinski definition) is 3. The molecule has 0 saturated carbocycles. The van der Waals surface area contributed by atoms with Gasteiger partial charge < -0.3 is 19.7 Å². The molecule has 0 fully saturated rings.